The lowest BCUT2D eigenvalue weighted by Gasteiger charge is -2.06. The van der Waals surface area contributed by atoms with E-state index < -0.39 is 60.0 Å². The van der Waals surface area contributed by atoms with Crippen LogP contribution >= 0.6 is 0 Å². The number of carboxylic acid groups (broad SMARTS) is 5. The topological polar surface area (TPSA) is 378 Å². The van der Waals surface area contributed by atoms with Crippen molar-refractivity contribution in [3.05, 3.63) is 0 Å². The van der Waals surface area contributed by atoms with Gasteiger partial charge < -0.3 is 69.9 Å². The summed E-state index contributed by atoms with van der Waals surface area (Å²) in [6.07, 6.45) is 4.44. The first kappa shape index (κ1) is 44.0. The molecule has 19 heteroatoms. The maximum atomic E-state index is 10.1. The van der Waals surface area contributed by atoms with Gasteiger partial charge in [0.25, 0.3) is 0 Å². The summed E-state index contributed by atoms with van der Waals surface area (Å²) < 4.78 is 0. The van der Waals surface area contributed by atoms with Crippen LogP contribution in [0.4, 0.5) is 0 Å². The minimum absolute atomic E-state index is 0.269. The lowest BCUT2D eigenvalue weighted by molar-refractivity contribution is -0.141. The summed E-state index contributed by atoms with van der Waals surface area (Å²) in [5.74, 6) is -5.47. The predicted molar refractivity (Wildman–Crippen MR) is 153 cm³/mol. The van der Waals surface area contributed by atoms with Gasteiger partial charge in [0.1, 0.15) is 30.2 Å². The average molecular weight is 628 g/mol. The third-order valence-electron chi connectivity index (χ3n) is 5.55. The Labute approximate surface area is 249 Å². The molecule has 19 nitrogen and oxygen atoms in total. The number of aliphatic carboxylic acids is 5. The van der Waals surface area contributed by atoms with E-state index in [-0.39, 0.29) is 18.5 Å². The molecule has 1 amide bonds. The van der Waals surface area contributed by atoms with Crippen LogP contribution in [0, 0.1) is 0 Å². The first-order chi connectivity index (χ1) is 19.9. The molecule has 2 aliphatic heterocycles. The first-order valence-corrected chi connectivity index (χ1v) is 13.4. The van der Waals surface area contributed by atoms with Crippen LogP contribution in [-0.2, 0) is 28.8 Å². The molecule has 18 N–H and O–H groups in total. The number of rotatable bonds is 12. The molecule has 43 heavy (non-hydrogen) atoms. The molecule has 4 unspecified atom stereocenters. The SMILES string of the molecule is CC(O)C(N)C(=O)O.NC(=O)CC(N)C(=O)O.NCCCCC(N)C(=O)O.O=C(O)[C@@H]1CCCN1.O=C(O)[C@@H]1CCCN1. The number of aliphatic hydroxyl groups excluding tert-OH is 1. The fourth-order valence-electron chi connectivity index (χ4n) is 2.93. The third kappa shape index (κ3) is 27.1. The lowest BCUT2D eigenvalue weighted by atomic mass is 10.1. The van der Waals surface area contributed by atoms with Crippen LogP contribution in [0.25, 0.3) is 0 Å². The zero-order valence-electron chi connectivity index (χ0n) is 24.3. The lowest BCUT2D eigenvalue weighted by Crippen LogP contribution is -2.39. The Balaban J connectivity index is -0.000000466. The van der Waals surface area contributed by atoms with Gasteiger partial charge in [0.2, 0.25) is 5.91 Å². The molecule has 2 aliphatic rings. The number of aliphatic hydroxyl groups is 1. The molecule has 0 bridgehead atoms. The molecule has 0 aromatic rings. The molecule has 0 aromatic heterocycles. The van der Waals surface area contributed by atoms with Gasteiger partial charge in [-0.15, -0.1) is 0 Å². The number of unbranched alkanes of at least 4 members (excludes halogenated alkanes) is 1. The minimum atomic E-state index is -1.21. The first-order valence-electron chi connectivity index (χ1n) is 13.4. The van der Waals surface area contributed by atoms with Gasteiger partial charge in [-0.05, 0) is 65.1 Å². The predicted octanol–water partition coefficient (Wildman–Crippen LogP) is -3.77. The molecule has 0 spiro atoms. The van der Waals surface area contributed by atoms with Crippen molar-refractivity contribution in [2.75, 3.05) is 19.6 Å². The van der Waals surface area contributed by atoms with E-state index in [4.69, 9.17) is 53.6 Å². The summed E-state index contributed by atoms with van der Waals surface area (Å²) in [5, 5.41) is 55.4. The molecular formula is C24H49N7O12. The summed E-state index contributed by atoms with van der Waals surface area (Å²) in [6, 6.07) is -3.57. The Bertz CT molecular complexity index is 793. The fraction of sp³-hybridized carbons (Fsp3) is 0.750. The summed E-state index contributed by atoms with van der Waals surface area (Å²) >= 11 is 0. The van der Waals surface area contributed by atoms with Crippen molar-refractivity contribution in [2.45, 2.75) is 94.6 Å². The van der Waals surface area contributed by atoms with Gasteiger partial charge in [0.05, 0.1) is 12.5 Å². The van der Waals surface area contributed by atoms with E-state index >= 15 is 0 Å². The summed E-state index contributed by atoms with van der Waals surface area (Å²) in [4.78, 5) is 60.2. The number of nitrogens with two attached hydrogens (primary N) is 5. The van der Waals surface area contributed by atoms with E-state index in [9.17, 15) is 28.8 Å². The molecule has 2 heterocycles. The number of carboxylic acids is 5. The number of nitrogens with one attached hydrogen (secondary N) is 2. The molecule has 0 saturated carbocycles. The molecule has 2 fully saturated rings. The quantitative estimate of drug-likeness (QED) is 0.0922. The molecule has 0 aromatic carbocycles. The van der Waals surface area contributed by atoms with E-state index in [1.54, 1.807) is 0 Å². The maximum Gasteiger partial charge on any atom is 0.323 e. The van der Waals surface area contributed by atoms with Gasteiger partial charge in [0.15, 0.2) is 0 Å². The molecule has 0 aliphatic carbocycles. The van der Waals surface area contributed by atoms with E-state index in [2.05, 4.69) is 16.4 Å². The van der Waals surface area contributed by atoms with Crippen molar-refractivity contribution in [2.24, 2.45) is 28.7 Å². The molecule has 252 valence electrons. The summed E-state index contributed by atoms with van der Waals surface area (Å²) in [7, 11) is 0. The maximum absolute atomic E-state index is 10.1. The highest BCUT2D eigenvalue weighted by molar-refractivity contribution is 5.83. The Morgan fingerprint density at radius 1 is 0.744 bits per heavy atom. The van der Waals surface area contributed by atoms with Crippen LogP contribution in [0.5, 0.6) is 0 Å². The van der Waals surface area contributed by atoms with Crippen LogP contribution in [0.2, 0.25) is 0 Å². The van der Waals surface area contributed by atoms with Crippen molar-refractivity contribution in [1.29, 1.82) is 0 Å². The van der Waals surface area contributed by atoms with Gasteiger partial charge in [-0.3, -0.25) is 28.8 Å². The van der Waals surface area contributed by atoms with Crippen LogP contribution in [0.15, 0.2) is 0 Å². The largest absolute Gasteiger partial charge is 0.480 e. The number of primary amides is 1. The summed E-state index contributed by atoms with van der Waals surface area (Å²) in [5.41, 5.74) is 24.9. The highest BCUT2D eigenvalue weighted by Crippen LogP contribution is 2.04. The molecule has 6 atom stereocenters. The Morgan fingerprint density at radius 2 is 1.16 bits per heavy atom. The van der Waals surface area contributed by atoms with Crippen molar-refractivity contribution in [3.63, 3.8) is 0 Å². The zero-order valence-corrected chi connectivity index (χ0v) is 24.3. The van der Waals surface area contributed by atoms with Crippen LogP contribution in [0.3, 0.4) is 0 Å². The van der Waals surface area contributed by atoms with Gasteiger partial charge in [-0.25, -0.2) is 0 Å². The second-order valence-electron chi connectivity index (χ2n) is 9.42. The van der Waals surface area contributed by atoms with E-state index in [1.165, 1.54) is 6.92 Å². The highest BCUT2D eigenvalue weighted by atomic mass is 16.4. The van der Waals surface area contributed by atoms with Gasteiger partial charge in [-0.1, -0.05) is 6.42 Å². The Kier molecular flexibility index (Phi) is 26.8. The van der Waals surface area contributed by atoms with Crippen molar-refractivity contribution in [3.8, 4) is 0 Å². The van der Waals surface area contributed by atoms with Crippen molar-refractivity contribution in [1.82, 2.24) is 10.6 Å². The zero-order chi connectivity index (χ0) is 34.1. The number of carbonyl (C=O) groups is 6. The van der Waals surface area contributed by atoms with Crippen LogP contribution < -0.4 is 39.3 Å². The van der Waals surface area contributed by atoms with Crippen molar-refractivity contribution < 1.29 is 59.4 Å². The smallest absolute Gasteiger partial charge is 0.323 e. The molecule has 2 saturated heterocycles. The standard InChI is InChI=1S/C6H14N2O2.2C5H9NO2.C4H8N2O3.C4H9NO3/c7-4-2-1-3-5(8)6(9)10;2*7-5(8)4-2-1-3-6-4;5-2(4(8)9)1-3(6)7;1-2(6)3(5)4(7)8/h5H,1-4,7-8H2,(H,9,10);2*4,6H,1-3H2,(H,7,8);2H,1,5H2,(H2,6,7)(H,8,9);2-3,6H,5H2,1H3,(H,7,8)/t;2*4-;;/m.00../s1. The Morgan fingerprint density at radius 3 is 1.33 bits per heavy atom. The van der Waals surface area contributed by atoms with Gasteiger partial charge in [-0.2, -0.15) is 0 Å². The monoisotopic (exact) mass is 627 g/mol. The minimum Gasteiger partial charge on any atom is -0.480 e. The number of hydrogen-bond donors (Lipinski definition) is 13. The normalized spacial score (nSPS) is 19.4. The summed E-state index contributed by atoms with van der Waals surface area (Å²) in [6.45, 7) is 3.65. The second-order valence-corrected chi connectivity index (χ2v) is 9.42. The van der Waals surface area contributed by atoms with Gasteiger partial charge >= 0.3 is 29.8 Å². The number of amides is 1. The van der Waals surface area contributed by atoms with Crippen LogP contribution in [-0.4, -0.2) is 122 Å². The molecular weight excluding hydrogens is 578 g/mol. The van der Waals surface area contributed by atoms with Crippen LogP contribution in [0.1, 0.15) is 58.3 Å². The van der Waals surface area contributed by atoms with Crippen molar-refractivity contribution >= 4 is 35.8 Å². The third-order valence-corrected chi connectivity index (χ3v) is 5.55. The fourth-order valence-corrected chi connectivity index (χ4v) is 2.93. The number of carbonyl (C=O) groups excluding carboxylic acids is 1. The van der Waals surface area contributed by atoms with E-state index in [0.29, 0.717) is 13.0 Å². The molecule has 2 rings (SSSR count). The second kappa shape index (κ2) is 26.2. The van der Waals surface area contributed by atoms with E-state index in [0.717, 1.165) is 51.6 Å². The van der Waals surface area contributed by atoms with Gasteiger partial charge in [0, 0.05) is 0 Å². The number of hydrogen-bond acceptors (Lipinski definition) is 13. The van der Waals surface area contributed by atoms with E-state index in [1.807, 2.05) is 0 Å². The highest BCUT2D eigenvalue weighted by Gasteiger charge is 2.21. The Hall–Kier alpha value is -3.46. The average Bonchev–Trinajstić information content (AvgIpc) is 3.64. The molecule has 0 radical (unpaired) electrons.